The molecule has 2 nitrogen and oxygen atoms in total. The quantitative estimate of drug-likeness (QED) is 0.605. The van der Waals surface area contributed by atoms with Crippen LogP contribution in [0, 0.1) is 5.41 Å². The lowest BCUT2D eigenvalue weighted by Gasteiger charge is -1.97. The van der Waals surface area contributed by atoms with Gasteiger partial charge in [0.1, 0.15) is 0 Å². The van der Waals surface area contributed by atoms with Gasteiger partial charge >= 0.3 is 0 Å². The standard InChI is InChI=1S/C11H13NO.ClH/c1-2-13-11(12)9-8-10-6-4-3-5-7-10;/h3-9,12H,2H2,1H3;1H/b9-8+,12-11?;. The minimum atomic E-state index is 0. The van der Waals surface area contributed by atoms with Crippen molar-refractivity contribution in [2.45, 2.75) is 6.92 Å². The number of benzene rings is 1. The second-order valence-electron chi connectivity index (χ2n) is 2.54. The van der Waals surface area contributed by atoms with Gasteiger partial charge in [-0.25, -0.2) is 0 Å². The largest absolute Gasteiger partial charge is 0.478 e. The lowest BCUT2D eigenvalue weighted by Crippen LogP contribution is -1.97. The Bertz CT molecular complexity index is 295. The maximum atomic E-state index is 7.33. The van der Waals surface area contributed by atoms with Gasteiger partial charge in [0.15, 0.2) is 0 Å². The zero-order chi connectivity index (χ0) is 9.52. The summed E-state index contributed by atoms with van der Waals surface area (Å²) in [5.41, 5.74) is 1.08. The van der Waals surface area contributed by atoms with Gasteiger partial charge in [0.25, 0.3) is 0 Å². The number of halogens is 1. The average Bonchev–Trinajstić information content (AvgIpc) is 2.17. The second kappa shape index (κ2) is 7.15. The van der Waals surface area contributed by atoms with Crippen molar-refractivity contribution < 1.29 is 4.74 Å². The van der Waals surface area contributed by atoms with Crippen LogP contribution in [0.1, 0.15) is 12.5 Å². The van der Waals surface area contributed by atoms with E-state index in [9.17, 15) is 0 Å². The SMILES string of the molecule is CCOC(=N)/C=C/c1ccccc1.Cl. The van der Waals surface area contributed by atoms with Gasteiger partial charge < -0.3 is 4.74 Å². The smallest absolute Gasteiger partial charge is 0.205 e. The predicted octanol–water partition coefficient (Wildman–Crippen LogP) is 3.14. The average molecular weight is 212 g/mol. The van der Waals surface area contributed by atoms with Crippen LogP contribution in [0.25, 0.3) is 6.08 Å². The first-order valence-electron chi connectivity index (χ1n) is 4.27. The maximum absolute atomic E-state index is 7.33. The molecule has 3 heteroatoms. The topological polar surface area (TPSA) is 33.1 Å². The number of hydrogen-bond donors (Lipinski definition) is 1. The molecular formula is C11H14ClNO. The van der Waals surface area contributed by atoms with Gasteiger partial charge in [-0.2, -0.15) is 0 Å². The Morgan fingerprint density at radius 2 is 2.00 bits per heavy atom. The molecule has 0 radical (unpaired) electrons. The van der Waals surface area contributed by atoms with Crippen molar-refractivity contribution in [2.24, 2.45) is 0 Å². The number of rotatable bonds is 3. The molecule has 0 atom stereocenters. The van der Waals surface area contributed by atoms with Crippen LogP contribution in [-0.4, -0.2) is 12.5 Å². The van der Waals surface area contributed by atoms with Gasteiger partial charge in [0.2, 0.25) is 5.90 Å². The molecule has 1 aromatic carbocycles. The van der Waals surface area contributed by atoms with Gasteiger partial charge in [-0.1, -0.05) is 30.3 Å². The second-order valence-corrected chi connectivity index (χ2v) is 2.54. The Morgan fingerprint density at radius 3 is 2.57 bits per heavy atom. The molecular weight excluding hydrogens is 198 g/mol. The molecule has 0 spiro atoms. The van der Waals surface area contributed by atoms with Crippen LogP contribution in [0.5, 0.6) is 0 Å². The van der Waals surface area contributed by atoms with Crippen molar-refractivity contribution in [3.8, 4) is 0 Å². The van der Waals surface area contributed by atoms with Gasteiger partial charge in [0.05, 0.1) is 6.61 Å². The van der Waals surface area contributed by atoms with Crippen LogP contribution in [0.4, 0.5) is 0 Å². The molecule has 0 saturated heterocycles. The Hall–Kier alpha value is -1.28. The Labute approximate surface area is 90.5 Å². The van der Waals surface area contributed by atoms with Crippen LogP contribution in [0.3, 0.4) is 0 Å². The van der Waals surface area contributed by atoms with Gasteiger partial charge in [-0.3, -0.25) is 5.41 Å². The molecule has 0 fully saturated rings. The summed E-state index contributed by atoms with van der Waals surface area (Å²) in [5.74, 6) is 0.200. The third-order valence-corrected chi connectivity index (χ3v) is 1.53. The Kier molecular flexibility index (Phi) is 6.50. The highest BCUT2D eigenvalue weighted by Gasteiger charge is 1.88. The monoisotopic (exact) mass is 211 g/mol. The zero-order valence-electron chi connectivity index (χ0n) is 8.07. The van der Waals surface area contributed by atoms with E-state index in [1.54, 1.807) is 6.08 Å². The third-order valence-electron chi connectivity index (χ3n) is 1.53. The van der Waals surface area contributed by atoms with E-state index in [1.807, 2.05) is 43.3 Å². The van der Waals surface area contributed by atoms with Crippen molar-refractivity contribution in [3.05, 3.63) is 42.0 Å². The molecule has 0 bridgehead atoms. The molecule has 0 aromatic heterocycles. The Balaban J connectivity index is 0.00000169. The molecule has 0 aliphatic heterocycles. The van der Waals surface area contributed by atoms with Crippen LogP contribution in [0.2, 0.25) is 0 Å². The summed E-state index contributed by atoms with van der Waals surface area (Å²) >= 11 is 0. The molecule has 0 unspecified atom stereocenters. The normalized spacial score (nSPS) is 9.50. The Morgan fingerprint density at radius 1 is 1.36 bits per heavy atom. The van der Waals surface area contributed by atoms with Crippen LogP contribution < -0.4 is 0 Å². The van der Waals surface area contributed by atoms with E-state index in [1.165, 1.54) is 0 Å². The molecule has 0 heterocycles. The van der Waals surface area contributed by atoms with Gasteiger partial charge in [0, 0.05) is 6.08 Å². The molecule has 0 amide bonds. The zero-order valence-corrected chi connectivity index (χ0v) is 8.88. The van der Waals surface area contributed by atoms with Crippen molar-refractivity contribution in [3.63, 3.8) is 0 Å². The molecule has 1 aromatic rings. The number of nitrogens with one attached hydrogen (secondary N) is 1. The molecule has 76 valence electrons. The predicted molar refractivity (Wildman–Crippen MR) is 62.1 cm³/mol. The summed E-state index contributed by atoms with van der Waals surface area (Å²) < 4.78 is 4.96. The summed E-state index contributed by atoms with van der Waals surface area (Å²) in [4.78, 5) is 0. The van der Waals surface area contributed by atoms with E-state index < -0.39 is 0 Å². The van der Waals surface area contributed by atoms with E-state index in [-0.39, 0.29) is 18.3 Å². The van der Waals surface area contributed by atoms with Crippen molar-refractivity contribution in [1.29, 1.82) is 5.41 Å². The van der Waals surface area contributed by atoms with Gasteiger partial charge in [-0.05, 0) is 18.6 Å². The van der Waals surface area contributed by atoms with E-state index in [0.717, 1.165) is 5.56 Å². The summed E-state index contributed by atoms with van der Waals surface area (Å²) in [6.07, 6.45) is 3.51. The minimum absolute atomic E-state index is 0. The van der Waals surface area contributed by atoms with Crippen molar-refractivity contribution >= 4 is 24.4 Å². The van der Waals surface area contributed by atoms with E-state index in [4.69, 9.17) is 10.1 Å². The molecule has 1 rings (SSSR count). The fraction of sp³-hybridized carbons (Fsp3) is 0.182. The first-order chi connectivity index (χ1) is 6.33. The van der Waals surface area contributed by atoms with Crippen molar-refractivity contribution in [1.82, 2.24) is 0 Å². The minimum Gasteiger partial charge on any atom is -0.478 e. The van der Waals surface area contributed by atoms with Crippen molar-refractivity contribution in [2.75, 3.05) is 6.61 Å². The van der Waals surface area contributed by atoms with Crippen LogP contribution in [0.15, 0.2) is 36.4 Å². The number of hydrogen-bond acceptors (Lipinski definition) is 2. The van der Waals surface area contributed by atoms with Crippen LogP contribution in [-0.2, 0) is 4.74 Å². The highest BCUT2D eigenvalue weighted by atomic mass is 35.5. The van der Waals surface area contributed by atoms with Gasteiger partial charge in [-0.15, -0.1) is 12.4 Å². The first-order valence-corrected chi connectivity index (χ1v) is 4.27. The molecule has 14 heavy (non-hydrogen) atoms. The molecule has 1 N–H and O–H groups in total. The highest BCUT2D eigenvalue weighted by molar-refractivity contribution is 5.89. The third kappa shape index (κ3) is 4.67. The lowest BCUT2D eigenvalue weighted by molar-refractivity contribution is 0.327. The fourth-order valence-electron chi connectivity index (χ4n) is 0.940. The molecule has 0 saturated carbocycles. The van der Waals surface area contributed by atoms with E-state index in [0.29, 0.717) is 6.61 Å². The summed E-state index contributed by atoms with van der Waals surface area (Å²) in [6.45, 7) is 2.41. The highest BCUT2D eigenvalue weighted by Crippen LogP contribution is 2.00. The fourth-order valence-corrected chi connectivity index (χ4v) is 0.940. The van der Waals surface area contributed by atoms with E-state index in [2.05, 4.69) is 0 Å². The molecule has 0 aliphatic carbocycles. The number of ether oxygens (including phenoxy) is 1. The summed E-state index contributed by atoms with van der Waals surface area (Å²) in [7, 11) is 0. The maximum Gasteiger partial charge on any atom is 0.205 e. The first kappa shape index (κ1) is 12.7. The lowest BCUT2D eigenvalue weighted by atomic mass is 10.2. The summed E-state index contributed by atoms with van der Waals surface area (Å²) in [6, 6.07) is 9.85. The molecule has 0 aliphatic rings. The van der Waals surface area contributed by atoms with Crippen LogP contribution >= 0.6 is 12.4 Å². The summed E-state index contributed by atoms with van der Waals surface area (Å²) in [5, 5.41) is 7.33. The van der Waals surface area contributed by atoms with E-state index >= 15 is 0 Å².